The van der Waals surface area contributed by atoms with E-state index in [0.717, 1.165) is 5.56 Å². The number of nitrogens with one attached hydrogen (secondary N) is 1. The van der Waals surface area contributed by atoms with Crippen LogP contribution < -0.4 is 5.32 Å². The molecule has 0 unspecified atom stereocenters. The fourth-order valence-electron chi connectivity index (χ4n) is 1.39. The largest absolute Gasteiger partial charge is 0.505 e. The van der Waals surface area contributed by atoms with Gasteiger partial charge in [-0.1, -0.05) is 11.2 Å². The number of rotatable bonds is 4. The number of benzene rings is 1. The highest BCUT2D eigenvalue weighted by molar-refractivity contribution is 5.27. The molecule has 0 atom stereocenters. The van der Waals surface area contributed by atoms with Crippen LogP contribution in [0.4, 0.5) is 4.39 Å². The van der Waals surface area contributed by atoms with Crippen LogP contribution in [0.3, 0.4) is 0 Å². The molecule has 0 amide bonds. The number of halogens is 1. The standard InChI is InChI=1S/C11H12FN3O2/c1-7-14-11(15-17-7)6-13-5-8-2-3-10(16)9(12)4-8/h2-4,13,16H,5-6H2,1H3. The van der Waals surface area contributed by atoms with E-state index in [1.165, 1.54) is 12.1 Å². The van der Waals surface area contributed by atoms with Crippen LogP contribution in [-0.2, 0) is 13.1 Å². The fourth-order valence-corrected chi connectivity index (χ4v) is 1.39. The van der Waals surface area contributed by atoms with E-state index in [9.17, 15) is 4.39 Å². The molecule has 2 aromatic rings. The summed E-state index contributed by atoms with van der Waals surface area (Å²) in [5.74, 6) is 0.0986. The van der Waals surface area contributed by atoms with E-state index in [4.69, 9.17) is 9.63 Å². The van der Waals surface area contributed by atoms with Crippen molar-refractivity contribution in [2.24, 2.45) is 0 Å². The predicted molar refractivity (Wildman–Crippen MR) is 57.6 cm³/mol. The van der Waals surface area contributed by atoms with Crippen molar-refractivity contribution in [1.82, 2.24) is 15.5 Å². The van der Waals surface area contributed by atoms with E-state index in [0.29, 0.717) is 24.8 Å². The molecule has 1 aromatic carbocycles. The normalized spacial score (nSPS) is 10.7. The van der Waals surface area contributed by atoms with Gasteiger partial charge in [-0.15, -0.1) is 0 Å². The SMILES string of the molecule is Cc1nc(CNCc2ccc(O)c(F)c2)no1. The molecule has 0 bridgehead atoms. The average molecular weight is 237 g/mol. The van der Waals surface area contributed by atoms with E-state index < -0.39 is 5.82 Å². The number of nitrogens with zero attached hydrogens (tertiary/aromatic N) is 2. The summed E-state index contributed by atoms with van der Waals surface area (Å²) in [6.07, 6.45) is 0. The quantitative estimate of drug-likeness (QED) is 0.843. The first-order valence-electron chi connectivity index (χ1n) is 5.12. The first kappa shape index (κ1) is 11.5. The maximum Gasteiger partial charge on any atom is 0.223 e. The number of aryl methyl sites for hydroxylation is 1. The van der Waals surface area contributed by atoms with Crippen LogP contribution in [0.1, 0.15) is 17.3 Å². The Hall–Kier alpha value is -1.95. The predicted octanol–water partition coefficient (Wildman–Crippen LogP) is 1.51. The van der Waals surface area contributed by atoms with Crippen LogP contribution in [0.5, 0.6) is 5.75 Å². The fraction of sp³-hybridized carbons (Fsp3) is 0.273. The van der Waals surface area contributed by atoms with Gasteiger partial charge in [0.1, 0.15) is 0 Å². The highest BCUT2D eigenvalue weighted by Crippen LogP contribution is 2.15. The minimum absolute atomic E-state index is 0.345. The van der Waals surface area contributed by atoms with Crippen molar-refractivity contribution in [2.75, 3.05) is 0 Å². The van der Waals surface area contributed by atoms with Crippen molar-refractivity contribution in [1.29, 1.82) is 0 Å². The van der Waals surface area contributed by atoms with Gasteiger partial charge < -0.3 is 14.9 Å². The lowest BCUT2D eigenvalue weighted by molar-refractivity contribution is 0.385. The third-order valence-corrected chi connectivity index (χ3v) is 2.19. The van der Waals surface area contributed by atoms with Gasteiger partial charge in [0, 0.05) is 13.5 Å². The molecule has 1 aromatic heterocycles. The molecule has 17 heavy (non-hydrogen) atoms. The lowest BCUT2D eigenvalue weighted by atomic mass is 10.2. The Kier molecular flexibility index (Phi) is 3.34. The zero-order valence-electron chi connectivity index (χ0n) is 9.27. The Bertz CT molecular complexity index is 513. The highest BCUT2D eigenvalue weighted by atomic mass is 19.1. The van der Waals surface area contributed by atoms with Crippen LogP contribution in [0.25, 0.3) is 0 Å². The van der Waals surface area contributed by atoms with Crippen LogP contribution in [0.2, 0.25) is 0 Å². The van der Waals surface area contributed by atoms with Gasteiger partial charge in [-0.05, 0) is 17.7 Å². The van der Waals surface area contributed by atoms with Gasteiger partial charge in [0.15, 0.2) is 17.4 Å². The molecule has 0 aliphatic carbocycles. The van der Waals surface area contributed by atoms with Crippen molar-refractivity contribution in [3.63, 3.8) is 0 Å². The molecular formula is C11H12FN3O2. The molecule has 0 radical (unpaired) electrons. The van der Waals surface area contributed by atoms with E-state index in [1.54, 1.807) is 13.0 Å². The number of hydrogen-bond donors (Lipinski definition) is 2. The zero-order chi connectivity index (χ0) is 12.3. The Labute approximate surface area is 97.3 Å². The summed E-state index contributed by atoms with van der Waals surface area (Å²) >= 11 is 0. The first-order valence-corrected chi connectivity index (χ1v) is 5.12. The summed E-state index contributed by atoms with van der Waals surface area (Å²) in [6.45, 7) is 2.62. The monoisotopic (exact) mass is 237 g/mol. The van der Waals surface area contributed by atoms with Crippen LogP contribution >= 0.6 is 0 Å². The van der Waals surface area contributed by atoms with E-state index in [2.05, 4.69) is 15.5 Å². The second-order valence-electron chi connectivity index (χ2n) is 3.62. The maximum absolute atomic E-state index is 13.0. The van der Waals surface area contributed by atoms with Crippen molar-refractivity contribution in [3.05, 3.63) is 41.3 Å². The maximum atomic E-state index is 13.0. The summed E-state index contributed by atoms with van der Waals surface area (Å²) < 4.78 is 17.8. The first-order chi connectivity index (χ1) is 8.15. The van der Waals surface area contributed by atoms with Gasteiger partial charge >= 0.3 is 0 Å². The van der Waals surface area contributed by atoms with Gasteiger partial charge in [-0.25, -0.2) is 4.39 Å². The molecular weight excluding hydrogens is 225 g/mol. The molecule has 2 rings (SSSR count). The molecule has 0 fully saturated rings. The molecule has 0 aliphatic rings. The smallest absolute Gasteiger partial charge is 0.223 e. The molecule has 5 nitrogen and oxygen atoms in total. The van der Waals surface area contributed by atoms with Gasteiger partial charge in [0.2, 0.25) is 5.89 Å². The second kappa shape index (κ2) is 4.92. The van der Waals surface area contributed by atoms with Crippen molar-refractivity contribution in [2.45, 2.75) is 20.0 Å². The number of phenolic OH excluding ortho intramolecular Hbond substituents is 1. The molecule has 6 heteroatoms. The van der Waals surface area contributed by atoms with E-state index in [1.807, 2.05) is 0 Å². The second-order valence-corrected chi connectivity index (χ2v) is 3.62. The Morgan fingerprint density at radius 3 is 2.88 bits per heavy atom. The average Bonchev–Trinajstić information content (AvgIpc) is 2.70. The van der Waals surface area contributed by atoms with Crippen molar-refractivity contribution >= 4 is 0 Å². The summed E-state index contributed by atoms with van der Waals surface area (Å²) in [5.41, 5.74) is 0.737. The van der Waals surface area contributed by atoms with Crippen molar-refractivity contribution < 1.29 is 14.0 Å². The molecule has 1 heterocycles. The Morgan fingerprint density at radius 2 is 2.24 bits per heavy atom. The molecule has 0 saturated heterocycles. The number of hydrogen-bond acceptors (Lipinski definition) is 5. The van der Waals surface area contributed by atoms with Crippen LogP contribution in [-0.4, -0.2) is 15.2 Å². The topological polar surface area (TPSA) is 71.2 Å². The Balaban J connectivity index is 1.87. The van der Waals surface area contributed by atoms with Gasteiger partial charge in [0.25, 0.3) is 0 Å². The third-order valence-electron chi connectivity index (χ3n) is 2.19. The zero-order valence-corrected chi connectivity index (χ0v) is 9.27. The summed E-state index contributed by atoms with van der Waals surface area (Å²) in [4.78, 5) is 4.02. The number of aromatic nitrogens is 2. The number of aromatic hydroxyl groups is 1. The van der Waals surface area contributed by atoms with Gasteiger partial charge in [-0.3, -0.25) is 0 Å². The molecule has 2 N–H and O–H groups in total. The summed E-state index contributed by atoms with van der Waals surface area (Å²) in [5, 5.41) is 15.8. The van der Waals surface area contributed by atoms with Crippen LogP contribution in [0.15, 0.2) is 22.7 Å². The van der Waals surface area contributed by atoms with Gasteiger partial charge in [0.05, 0.1) is 6.54 Å². The van der Waals surface area contributed by atoms with Gasteiger partial charge in [-0.2, -0.15) is 4.98 Å². The van der Waals surface area contributed by atoms with E-state index >= 15 is 0 Å². The lowest BCUT2D eigenvalue weighted by Crippen LogP contribution is -2.13. The minimum Gasteiger partial charge on any atom is -0.505 e. The summed E-state index contributed by atoms with van der Waals surface area (Å²) in [7, 11) is 0. The third kappa shape index (κ3) is 3.01. The summed E-state index contributed by atoms with van der Waals surface area (Å²) in [6, 6.07) is 4.25. The number of phenols is 1. The lowest BCUT2D eigenvalue weighted by Gasteiger charge is -2.03. The highest BCUT2D eigenvalue weighted by Gasteiger charge is 2.03. The molecule has 0 aliphatic heterocycles. The molecule has 0 spiro atoms. The van der Waals surface area contributed by atoms with Crippen LogP contribution in [0, 0.1) is 12.7 Å². The minimum atomic E-state index is -0.625. The molecule has 90 valence electrons. The Morgan fingerprint density at radius 1 is 1.41 bits per heavy atom. The van der Waals surface area contributed by atoms with Crippen molar-refractivity contribution in [3.8, 4) is 5.75 Å². The molecule has 0 saturated carbocycles. The van der Waals surface area contributed by atoms with E-state index in [-0.39, 0.29) is 5.75 Å².